The third-order valence-corrected chi connectivity index (χ3v) is 4.20. The number of halogens is 2. The third-order valence-electron chi connectivity index (χ3n) is 4.20. The minimum Gasteiger partial charge on any atom is -0.225 e. The van der Waals surface area contributed by atoms with E-state index in [-0.39, 0.29) is 0 Å². The summed E-state index contributed by atoms with van der Waals surface area (Å²) in [7, 11) is 0. The van der Waals surface area contributed by atoms with Crippen molar-refractivity contribution in [1.29, 1.82) is 0 Å². The molecule has 1 nitrogen and oxygen atoms in total. The van der Waals surface area contributed by atoms with Gasteiger partial charge in [-0.3, -0.25) is 0 Å². The van der Waals surface area contributed by atoms with Crippen molar-refractivity contribution < 1.29 is 8.78 Å². The summed E-state index contributed by atoms with van der Waals surface area (Å²) < 4.78 is 26.0. The van der Waals surface area contributed by atoms with E-state index in [1.807, 2.05) is 0 Å². The molecule has 0 unspecified atom stereocenters. The normalized spacial score (nSPS) is 10.8. The Labute approximate surface area is 141 Å². The summed E-state index contributed by atoms with van der Waals surface area (Å²) in [5.74, 6) is -1.93. The minimum atomic E-state index is -1.04. The number of aromatic nitrogens is 1. The summed E-state index contributed by atoms with van der Waals surface area (Å²) in [5.41, 5.74) is 5.57. The molecule has 0 spiro atoms. The van der Waals surface area contributed by atoms with E-state index in [4.69, 9.17) is 0 Å². The van der Waals surface area contributed by atoms with Crippen LogP contribution in [0.15, 0.2) is 60.8 Å². The van der Waals surface area contributed by atoms with Crippen LogP contribution in [0.3, 0.4) is 0 Å². The molecule has 3 aromatic rings. The fourth-order valence-electron chi connectivity index (χ4n) is 2.68. The van der Waals surface area contributed by atoms with Gasteiger partial charge in [0.15, 0.2) is 5.82 Å². The van der Waals surface area contributed by atoms with E-state index in [1.165, 1.54) is 29.0 Å². The first-order valence-electron chi connectivity index (χ1n) is 8.14. The molecule has 0 saturated carbocycles. The second-order valence-electron chi connectivity index (χ2n) is 5.86. The van der Waals surface area contributed by atoms with Crippen LogP contribution in [-0.2, 0) is 19.3 Å². The van der Waals surface area contributed by atoms with Crippen LogP contribution in [0.5, 0.6) is 0 Å². The number of hydrogen-bond acceptors (Lipinski definition) is 1. The molecule has 0 aliphatic heterocycles. The summed E-state index contributed by atoms with van der Waals surface area (Å²) in [5, 5.41) is 0. The number of pyridine rings is 1. The van der Waals surface area contributed by atoms with Gasteiger partial charge in [0.1, 0.15) is 0 Å². The Hall–Kier alpha value is -2.55. The van der Waals surface area contributed by atoms with E-state index in [0.29, 0.717) is 12.0 Å². The molecule has 2 aromatic carbocycles. The first kappa shape index (κ1) is 16.3. The molecule has 0 fully saturated rings. The molecule has 1 heterocycles. The van der Waals surface area contributed by atoms with E-state index in [9.17, 15) is 8.78 Å². The Morgan fingerprint density at radius 3 is 1.83 bits per heavy atom. The number of benzene rings is 2. The van der Waals surface area contributed by atoms with Crippen molar-refractivity contribution in [3.8, 4) is 11.1 Å². The highest BCUT2D eigenvalue weighted by molar-refractivity contribution is 5.64. The molecule has 0 amide bonds. The lowest BCUT2D eigenvalue weighted by Crippen LogP contribution is -1.96. The van der Waals surface area contributed by atoms with Crippen molar-refractivity contribution >= 4 is 0 Å². The summed E-state index contributed by atoms with van der Waals surface area (Å²) in [4.78, 5) is 3.42. The fraction of sp³-hybridized carbons (Fsp3) is 0.190. The fourth-order valence-corrected chi connectivity index (χ4v) is 2.68. The van der Waals surface area contributed by atoms with Gasteiger partial charge in [-0.05, 0) is 53.1 Å². The SMILES string of the molecule is CCc1ccc(-c2ccc(CCc3cnc(F)c(F)c3)cc2)cc1. The zero-order valence-electron chi connectivity index (χ0n) is 13.6. The predicted octanol–water partition coefficient (Wildman–Crippen LogP) is 5.37. The van der Waals surface area contributed by atoms with Crippen molar-refractivity contribution in [1.82, 2.24) is 4.98 Å². The van der Waals surface area contributed by atoms with Gasteiger partial charge >= 0.3 is 0 Å². The molecule has 0 saturated heterocycles. The van der Waals surface area contributed by atoms with Crippen LogP contribution in [0.2, 0.25) is 0 Å². The summed E-state index contributed by atoms with van der Waals surface area (Å²) >= 11 is 0. The Balaban J connectivity index is 1.66. The van der Waals surface area contributed by atoms with Crippen LogP contribution >= 0.6 is 0 Å². The number of aryl methyl sites for hydroxylation is 3. The van der Waals surface area contributed by atoms with Crippen LogP contribution in [0, 0.1) is 11.8 Å². The summed E-state index contributed by atoms with van der Waals surface area (Å²) in [6.45, 7) is 2.15. The Morgan fingerprint density at radius 2 is 1.29 bits per heavy atom. The second kappa shape index (κ2) is 7.35. The van der Waals surface area contributed by atoms with Crippen LogP contribution in [0.1, 0.15) is 23.6 Å². The van der Waals surface area contributed by atoms with E-state index in [1.54, 1.807) is 0 Å². The largest absolute Gasteiger partial charge is 0.248 e. The molecule has 0 atom stereocenters. The van der Waals surface area contributed by atoms with Gasteiger partial charge in [0.05, 0.1) is 0 Å². The molecule has 3 rings (SSSR count). The average molecular weight is 323 g/mol. The van der Waals surface area contributed by atoms with Crippen LogP contribution < -0.4 is 0 Å². The van der Waals surface area contributed by atoms with Gasteiger partial charge in [-0.25, -0.2) is 9.37 Å². The van der Waals surface area contributed by atoms with Crippen molar-refractivity contribution in [2.75, 3.05) is 0 Å². The Bertz CT molecular complexity index is 808. The lowest BCUT2D eigenvalue weighted by Gasteiger charge is -2.06. The zero-order chi connectivity index (χ0) is 16.9. The van der Waals surface area contributed by atoms with Crippen molar-refractivity contribution in [2.45, 2.75) is 26.2 Å². The number of nitrogens with zero attached hydrogens (tertiary/aromatic N) is 1. The molecule has 0 radical (unpaired) electrons. The molecule has 1 aromatic heterocycles. The van der Waals surface area contributed by atoms with Gasteiger partial charge in [0.25, 0.3) is 0 Å². The molecular formula is C21H19F2N. The zero-order valence-corrected chi connectivity index (χ0v) is 13.6. The van der Waals surface area contributed by atoms with Gasteiger partial charge in [-0.1, -0.05) is 55.5 Å². The average Bonchev–Trinajstić information content (AvgIpc) is 2.63. The molecular weight excluding hydrogens is 304 g/mol. The predicted molar refractivity (Wildman–Crippen MR) is 92.8 cm³/mol. The third kappa shape index (κ3) is 3.85. The maximum Gasteiger partial charge on any atom is 0.248 e. The van der Waals surface area contributed by atoms with E-state index in [0.717, 1.165) is 18.4 Å². The molecule has 0 bridgehead atoms. The van der Waals surface area contributed by atoms with E-state index >= 15 is 0 Å². The first-order chi connectivity index (χ1) is 11.7. The molecule has 24 heavy (non-hydrogen) atoms. The number of rotatable bonds is 5. The highest BCUT2D eigenvalue weighted by Crippen LogP contribution is 2.21. The molecule has 0 N–H and O–H groups in total. The lowest BCUT2D eigenvalue weighted by atomic mass is 10.00. The van der Waals surface area contributed by atoms with Crippen LogP contribution in [0.4, 0.5) is 8.78 Å². The molecule has 122 valence electrons. The lowest BCUT2D eigenvalue weighted by molar-refractivity contribution is 0.477. The van der Waals surface area contributed by atoms with Gasteiger partial charge in [0, 0.05) is 6.20 Å². The second-order valence-corrected chi connectivity index (χ2v) is 5.86. The monoisotopic (exact) mass is 323 g/mol. The Kier molecular flexibility index (Phi) is 4.99. The minimum absolute atomic E-state index is 0.634. The summed E-state index contributed by atoms with van der Waals surface area (Å²) in [6.07, 6.45) is 3.83. The van der Waals surface area contributed by atoms with Crippen LogP contribution in [-0.4, -0.2) is 4.98 Å². The van der Waals surface area contributed by atoms with Gasteiger partial charge in [0.2, 0.25) is 5.95 Å². The quantitative estimate of drug-likeness (QED) is 0.575. The summed E-state index contributed by atoms with van der Waals surface area (Å²) in [6, 6.07) is 18.2. The smallest absolute Gasteiger partial charge is 0.225 e. The maximum atomic E-state index is 13.2. The highest BCUT2D eigenvalue weighted by atomic mass is 19.2. The van der Waals surface area contributed by atoms with Gasteiger partial charge in [-0.15, -0.1) is 0 Å². The van der Waals surface area contributed by atoms with E-state index in [2.05, 4.69) is 60.4 Å². The first-order valence-corrected chi connectivity index (χ1v) is 8.14. The molecule has 0 aliphatic rings. The van der Waals surface area contributed by atoms with Crippen molar-refractivity contribution in [3.63, 3.8) is 0 Å². The van der Waals surface area contributed by atoms with Gasteiger partial charge < -0.3 is 0 Å². The number of hydrogen-bond donors (Lipinski definition) is 0. The Morgan fingerprint density at radius 1 is 0.750 bits per heavy atom. The maximum absolute atomic E-state index is 13.2. The standard InChI is InChI=1S/C21H19F2N/c1-2-15-5-9-18(10-6-15)19-11-7-16(8-12-19)3-4-17-13-20(22)21(23)24-14-17/h5-14H,2-4H2,1H3. The molecule has 3 heteroatoms. The van der Waals surface area contributed by atoms with Crippen molar-refractivity contribution in [3.05, 3.63) is 89.2 Å². The van der Waals surface area contributed by atoms with Crippen molar-refractivity contribution in [2.24, 2.45) is 0 Å². The molecule has 0 aliphatic carbocycles. The topological polar surface area (TPSA) is 12.9 Å². The van der Waals surface area contributed by atoms with E-state index < -0.39 is 11.8 Å². The van der Waals surface area contributed by atoms with Crippen LogP contribution in [0.25, 0.3) is 11.1 Å². The van der Waals surface area contributed by atoms with Gasteiger partial charge in [-0.2, -0.15) is 4.39 Å². The highest BCUT2D eigenvalue weighted by Gasteiger charge is 2.05.